The van der Waals surface area contributed by atoms with E-state index in [9.17, 15) is 14.7 Å². The second-order valence-corrected chi connectivity index (χ2v) is 10.1. The van der Waals surface area contributed by atoms with E-state index in [0.717, 1.165) is 38.5 Å². The van der Waals surface area contributed by atoms with Crippen LogP contribution in [0.2, 0.25) is 10.0 Å². The number of Topliss-reactive ketones (excluding diaryl/α,β-unsaturated/α-hetero) is 1. The maximum absolute atomic E-state index is 13.3. The number of allylic oxidation sites excluding steroid dienone is 2. The van der Waals surface area contributed by atoms with E-state index in [1.54, 1.807) is 12.1 Å². The first-order valence-electron chi connectivity index (χ1n) is 10.9. The number of ketones is 1. The van der Waals surface area contributed by atoms with E-state index < -0.39 is 16.9 Å². The van der Waals surface area contributed by atoms with Gasteiger partial charge in [0.2, 0.25) is 0 Å². The van der Waals surface area contributed by atoms with Crippen LogP contribution in [0, 0.1) is 5.41 Å². The monoisotopic (exact) mass is 466 g/mol. The van der Waals surface area contributed by atoms with Crippen LogP contribution in [0.5, 0.6) is 0 Å². The van der Waals surface area contributed by atoms with Crippen molar-refractivity contribution in [3.63, 3.8) is 0 Å². The molecule has 3 fully saturated rings. The fourth-order valence-corrected chi connectivity index (χ4v) is 5.77. The molecule has 31 heavy (non-hydrogen) atoms. The number of hydrogen-bond donors (Lipinski definition) is 2. The topological polar surface area (TPSA) is 69.6 Å². The van der Waals surface area contributed by atoms with Crippen molar-refractivity contribution in [2.24, 2.45) is 5.41 Å². The molecule has 3 saturated carbocycles. The Morgan fingerprint density at radius 3 is 2.06 bits per heavy atom. The summed E-state index contributed by atoms with van der Waals surface area (Å²) in [5.74, 6) is -0.678. The minimum Gasteiger partial charge on any atom is -0.375 e. The summed E-state index contributed by atoms with van der Waals surface area (Å²) in [5, 5.41) is 14.3. The molecule has 1 aromatic rings. The van der Waals surface area contributed by atoms with Crippen molar-refractivity contribution in [3.8, 4) is 0 Å². The molecule has 1 amide bonds. The Morgan fingerprint density at radius 2 is 1.58 bits per heavy atom. The summed E-state index contributed by atoms with van der Waals surface area (Å²) in [6.45, 7) is 4.00. The van der Waals surface area contributed by atoms with Gasteiger partial charge in [-0.05, 0) is 78.6 Å². The lowest BCUT2D eigenvalue weighted by molar-refractivity contribution is -0.150. The number of rotatable bonds is 4. The van der Waals surface area contributed by atoms with Gasteiger partial charge >= 0.3 is 0 Å². The summed E-state index contributed by atoms with van der Waals surface area (Å²) in [6.07, 6.45) is 9.06. The number of hydrogen-bond acceptors (Lipinski definition) is 4. The highest BCUT2D eigenvalue weighted by atomic mass is 35.5. The van der Waals surface area contributed by atoms with Crippen molar-refractivity contribution in [3.05, 3.63) is 39.9 Å². The third-order valence-electron chi connectivity index (χ3n) is 7.63. The molecule has 0 radical (unpaired) electrons. The zero-order chi connectivity index (χ0) is 23.0. The highest BCUT2D eigenvalue weighted by Crippen LogP contribution is 2.56. The van der Waals surface area contributed by atoms with E-state index in [-0.39, 0.29) is 28.3 Å². The molecule has 7 heteroatoms. The largest absolute Gasteiger partial charge is 0.375 e. The van der Waals surface area contributed by atoms with Crippen molar-refractivity contribution in [1.82, 2.24) is 4.90 Å². The Balaban J connectivity index is 0.000000628. The lowest BCUT2D eigenvalue weighted by Gasteiger charge is -2.55. The Bertz CT molecular complexity index is 884. The maximum Gasteiger partial charge on any atom is 0.261 e. The molecule has 1 atom stereocenters. The SMILES string of the molecule is C/C=C\C.CN(C)C12CCC(C(=O)CC3(O)C(=O)Nc4c(Cl)ccc(Cl)c43)(CC1)CC2. The van der Waals surface area contributed by atoms with Crippen LogP contribution in [0.4, 0.5) is 5.69 Å². The van der Waals surface area contributed by atoms with Crippen LogP contribution >= 0.6 is 23.2 Å². The molecule has 3 aliphatic carbocycles. The maximum atomic E-state index is 13.3. The summed E-state index contributed by atoms with van der Waals surface area (Å²) < 4.78 is 0. The van der Waals surface area contributed by atoms with Gasteiger partial charge < -0.3 is 15.3 Å². The summed E-state index contributed by atoms with van der Waals surface area (Å²) in [7, 11) is 4.21. The van der Waals surface area contributed by atoms with E-state index in [1.807, 2.05) is 26.0 Å². The summed E-state index contributed by atoms with van der Waals surface area (Å²) in [5.41, 5.74) is -1.69. The molecule has 0 spiro atoms. The molecular weight excluding hydrogens is 435 g/mol. The van der Waals surface area contributed by atoms with Gasteiger partial charge in [0, 0.05) is 28.0 Å². The van der Waals surface area contributed by atoms with Crippen LogP contribution in [0.3, 0.4) is 0 Å². The first-order valence-corrected chi connectivity index (χ1v) is 11.6. The molecule has 1 unspecified atom stereocenters. The van der Waals surface area contributed by atoms with Crippen LogP contribution in [-0.2, 0) is 15.2 Å². The molecule has 170 valence electrons. The van der Waals surface area contributed by atoms with Gasteiger partial charge in [-0.15, -0.1) is 0 Å². The first kappa shape index (κ1) is 24.2. The number of carbonyl (C=O) groups is 2. The summed E-state index contributed by atoms with van der Waals surface area (Å²) in [4.78, 5) is 28.2. The second kappa shape index (κ2) is 8.86. The van der Waals surface area contributed by atoms with Crippen molar-refractivity contribution in [1.29, 1.82) is 0 Å². The number of carbonyl (C=O) groups excluding carboxylic acids is 2. The smallest absolute Gasteiger partial charge is 0.261 e. The van der Waals surface area contributed by atoms with E-state index in [1.165, 1.54) is 0 Å². The van der Waals surface area contributed by atoms with E-state index >= 15 is 0 Å². The number of nitrogens with one attached hydrogen (secondary N) is 1. The number of anilines is 1. The fraction of sp³-hybridized carbons (Fsp3) is 0.583. The van der Waals surface area contributed by atoms with Gasteiger partial charge in [-0.3, -0.25) is 9.59 Å². The van der Waals surface area contributed by atoms with Gasteiger partial charge in [0.25, 0.3) is 5.91 Å². The van der Waals surface area contributed by atoms with E-state index in [0.29, 0.717) is 10.7 Å². The number of halogens is 2. The fourth-order valence-electron chi connectivity index (χ4n) is 5.25. The predicted octanol–water partition coefficient (Wildman–Crippen LogP) is 5.33. The predicted molar refractivity (Wildman–Crippen MR) is 126 cm³/mol. The Morgan fingerprint density at radius 1 is 1.06 bits per heavy atom. The first-order chi connectivity index (χ1) is 14.5. The van der Waals surface area contributed by atoms with Crippen LogP contribution < -0.4 is 5.32 Å². The average Bonchev–Trinajstić information content (AvgIpc) is 3.03. The molecule has 1 aromatic carbocycles. The van der Waals surface area contributed by atoms with E-state index in [2.05, 4.69) is 24.3 Å². The third-order valence-corrected chi connectivity index (χ3v) is 8.26. The molecule has 2 bridgehead atoms. The van der Waals surface area contributed by atoms with Crippen LogP contribution in [0.15, 0.2) is 24.3 Å². The Kier molecular flexibility index (Phi) is 6.93. The lowest BCUT2D eigenvalue weighted by Crippen LogP contribution is -2.56. The molecule has 1 aliphatic heterocycles. The molecule has 2 N–H and O–H groups in total. The number of amides is 1. The minimum atomic E-state index is -1.96. The van der Waals surface area contributed by atoms with Gasteiger partial charge in [-0.1, -0.05) is 35.4 Å². The van der Waals surface area contributed by atoms with Crippen molar-refractivity contribution in [2.75, 3.05) is 19.4 Å². The second-order valence-electron chi connectivity index (χ2n) is 9.26. The van der Waals surface area contributed by atoms with Crippen LogP contribution in [0.25, 0.3) is 0 Å². The van der Waals surface area contributed by atoms with Gasteiger partial charge in [-0.25, -0.2) is 0 Å². The molecule has 0 saturated heterocycles. The van der Waals surface area contributed by atoms with Crippen LogP contribution in [0.1, 0.15) is 64.4 Å². The lowest BCUT2D eigenvalue weighted by atomic mass is 9.54. The zero-order valence-electron chi connectivity index (χ0n) is 18.7. The quantitative estimate of drug-likeness (QED) is 0.588. The Labute approximate surface area is 194 Å². The Hall–Kier alpha value is -1.40. The molecule has 5 nitrogen and oxygen atoms in total. The summed E-state index contributed by atoms with van der Waals surface area (Å²) >= 11 is 12.4. The van der Waals surface area contributed by atoms with Gasteiger partial charge in [0.05, 0.1) is 10.7 Å². The highest BCUT2D eigenvalue weighted by Gasteiger charge is 2.56. The highest BCUT2D eigenvalue weighted by molar-refractivity contribution is 6.38. The van der Waals surface area contributed by atoms with Gasteiger partial charge in [0.15, 0.2) is 5.60 Å². The molecular formula is C24H32Cl2N2O3. The number of aliphatic hydroxyl groups is 1. The van der Waals surface area contributed by atoms with Crippen molar-refractivity contribution in [2.45, 2.75) is 69.9 Å². The zero-order valence-corrected chi connectivity index (χ0v) is 20.2. The normalized spacial score (nSPS) is 31.4. The third kappa shape index (κ3) is 4.06. The molecule has 1 heterocycles. The summed E-state index contributed by atoms with van der Waals surface area (Å²) in [6, 6.07) is 3.11. The number of benzene rings is 1. The number of nitrogens with zero attached hydrogens (tertiary/aromatic N) is 1. The average molecular weight is 467 g/mol. The van der Waals surface area contributed by atoms with Gasteiger partial charge in [-0.2, -0.15) is 0 Å². The van der Waals surface area contributed by atoms with E-state index in [4.69, 9.17) is 23.2 Å². The van der Waals surface area contributed by atoms with Crippen molar-refractivity contribution < 1.29 is 14.7 Å². The van der Waals surface area contributed by atoms with Crippen LogP contribution in [-0.4, -0.2) is 41.3 Å². The molecule has 4 aliphatic rings. The van der Waals surface area contributed by atoms with Crippen molar-refractivity contribution >= 4 is 40.6 Å². The molecule has 0 aromatic heterocycles. The minimum absolute atomic E-state index is 0.0453. The number of fused-ring (bicyclic) bond motifs is 4. The van der Waals surface area contributed by atoms with Gasteiger partial charge in [0.1, 0.15) is 5.78 Å². The molecule has 5 rings (SSSR count). The standard InChI is InChI=1S/C20H24Cl2N2O3.C4H8/c1-24(2)19-8-5-18(6-9-19,7-10-19)14(25)11-20(27)15-12(21)3-4-13(22)16(15)23-17(20)26;1-3-4-2/h3-4,27H,5-11H2,1-2H3,(H,23,26);3-4H,1-2H3/b;4-3-.